The lowest BCUT2D eigenvalue weighted by Crippen LogP contribution is -2.36. The first-order valence-corrected chi connectivity index (χ1v) is 14.1. The summed E-state index contributed by atoms with van der Waals surface area (Å²) >= 11 is 0. The van der Waals surface area contributed by atoms with Crippen LogP contribution in [-0.2, 0) is 32.6 Å². The molecule has 2 amide bonds. The van der Waals surface area contributed by atoms with Crippen molar-refractivity contribution in [3.63, 3.8) is 0 Å². The second-order valence-corrected chi connectivity index (χ2v) is 12.0. The topological polar surface area (TPSA) is 109 Å². The Labute approximate surface area is 206 Å². The van der Waals surface area contributed by atoms with Crippen LogP contribution in [0.4, 0.5) is 5.69 Å². The van der Waals surface area contributed by atoms with Crippen LogP contribution < -0.4 is 14.9 Å². The van der Waals surface area contributed by atoms with E-state index in [1.54, 1.807) is 30.5 Å². The number of rotatable bonds is 8. The van der Waals surface area contributed by atoms with Gasteiger partial charge in [0.05, 0.1) is 17.7 Å². The molecule has 1 aromatic heterocycles. The molecule has 3 aliphatic rings. The van der Waals surface area contributed by atoms with Gasteiger partial charge in [0.2, 0.25) is 21.8 Å². The minimum Gasteiger partial charge on any atom is -0.467 e. The molecule has 0 bridgehead atoms. The van der Waals surface area contributed by atoms with Crippen LogP contribution in [0.3, 0.4) is 0 Å². The van der Waals surface area contributed by atoms with Crippen LogP contribution in [0.15, 0.2) is 45.9 Å². The highest BCUT2D eigenvalue weighted by Crippen LogP contribution is 2.39. The molecule has 1 aromatic carbocycles. The highest BCUT2D eigenvalue weighted by molar-refractivity contribution is 7.89. The maximum atomic E-state index is 13.0. The van der Waals surface area contributed by atoms with Gasteiger partial charge in [0.25, 0.3) is 0 Å². The van der Waals surface area contributed by atoms with Crippen molar-refractivity contribution >= 4 is 27.5 Å². The van der Waals surface area contributed by atoms with Gasteiger partial charge in [0, 0.05) is 30.1 Å². The second kappa shape index (κ2) is 9.78. The minimum absolute atomic E-state index is 0.0296. The summed E-state index contributed by atoms with van der Waals surface area (Å²) in [6, 6.07) is 8.77. The molecule has 1 atom stereocenters. The predicted octanol–water partition coefficient (Wildman–Crippen LogP) is 3.37. The molecular weight excluding hydrogens is 466 g/mol. The Hall–Kier alpha value is -2.65. The lowest BCUT2D eigenvalue weighted by molar-refractivity contribution is -0.126. The van der Waals surface area contributed by atoms with Crippen LogP contribution in [-0.4, -0.2) is 32.8 Å². The molecule has 2 fully saturated rings. The molecule has 0 spiro atoms. The van der Waals surface area contributed by atoms with Gasteiger partial charge >= 0.3 is 0 Å². The van der Waals surface area contributed by atoms with E-state index in [9.17, 15) is 18.0 Å². The predicted molar refractivity (Wildman–Crippen MR) is 131 cm³/mol. The molecule has 8 nitrogen and oxygen atoms in total. The summed E-state index contributed by atoms with van der Waals surface area (Å²) in [6.45, 7) is 2.76. The van der Waals surface area contributed by atoms with Crippen molar-refractivity contribution in [1.82, 2.24) is 10.0 Å². The average molecular weight is 500 g/mol. The van der Waals surface area contributed by atoms with Crippen LogP contribution in [0.2, 0.25) is 0 Å². The zero-order valence-electron chi connectivity index (χ0n) is 20.0. The molecule has 0 unspecified atom stereocenters. The first kappa shape index (κ1) is 24.1. The summed E-state index contributed by atoms with van der Waals surface area (Å²) in [5, 5.41) is 2.92. The molecule has 2 aromatic rings. The first-order chi connectivity index (χ1) is 16.8. The Morgan fingerprint density at radius 2 is 1.80 bits per heavy atom. The summed E-state index contributed by atoms with van der Waals surface area (Å²) in [6.07, 6.45) is 7.26. The number of anilines is 1. The SMILES string of the molecule is C[C@H]1Cc2cc(S(=O)(=O)NCC3CCC(C(=O)NCc4ccco4)CC3)ccc2N1C(=O)C1CC1. The van der Waals surface area contributed by atoms with E-state index in [4.69, 9.17) is 4.42 Å². The van der Waals surface area contributed by atoms with E-state index in [0.29, 0.717) is 19.5 Å². The van der Waals surface area contributed by atoms with Crippen molar-refractivity contribution in [2.45, 2.75) is 69.4 Å². The van der Waals surface area contributed by atoms with Gasteiger partial charge in [0.1, 0.15) is 5.76 Å². The zero-order valence-corrected chi connectivity index (χ0v) is 20.9. The zero-order chi connectivity index (χ0) is 24.6. The third-order valence-corrected chi connectivity index (χ3v) is 8.96. The van der Waals surface area contributed by atoms with Gasteiger partial charge < -0.3 is 14.6 Å². The summed E-state index contributed by atoms with van der Waals surface area (Å²) in [5.41, 5.74) is 1.76. The molecule has 9 heteroatoms. The van der Waals surface area contributed by atoms with Crippen molar-refractivity contribution in [1.29, 1.82) is 0 Å². The summed E-state index contributed by atoms with van der Waals surface area (Å²) < 4.78 is 34.0. The molecule has 2 N–H and O–H groups in total. The molecule has 2 saturated carbocycles. The molecule has 0 saturated heterocycles. The standard InChI is InChI=1S/C26H33N3O5S/c1-17-13-21-14-23(10-11-24(21)29(17)26(31)20-8-9-20)35(32,33)28-15-18-4-6-19(7-5-18)25(30)27-16-22-3-2-12-34-22/h2-3,10-12,14,17-20,28H,4-9,13,15-16H2,1H3,(H,27,30)/t17-,18?,19?/m0/s1. The first-order valence-electron chi connectivity index (χ1n) is 12.6. The van der Waals surface area contributed by atoms with Crippen LogP contribution in [0, 0.1) is 17.8 Å². The van der Waals surface area contributed by atoms with Crippen molar-refractivity contribution in [2.24, 2.45) is 17.8 Å². The van der Waals surface area contributed by atoms with Gasteiger partial charge in [-0.2, -0.15) is 0 Å². The Bertz CT molecular complexity index is 1180. The Kier molecular flexibility index (Phi) is 6.72. The van der Waals surface area contributed by atoms with Gasteiger partial charge in [0.15, 0.2) is 0 Å². The van der Waals surface area contributed by atoms with Crippen LogP contribution >= 0.6 is 0 Å². The fraction of sp³-hybridized carbons (Fsp3) is 0.538. The number of amides is 2. The summed E-state index contributed by atoms with van der Waals surface area (Å²) in [5.74, 6) is 1.21. The van der Waals surface area contributed by atoms with Gasteiger partial charge in [-0.15, -0.1) is 0 Å². The third-order valence-electron chi connectivity index (χ3n) is 7.54. The van der Waals surface area contributed by atoms with E-state index in [2.05, 4.69) is 10.0 Å². The number of benzene rings is 1. The van der Waals surface area contributed by atoms with Gasteiger partial charge in [-0.05, 0) is 93.7 Å². The lowest BCUT2D eigenvalue weighted by atomic mass is 9.81. The highest BCUT2D eigenvalue weighted by atomic mass is 32.2. The van der Waals surface area contributed by atoms with Crippen molar-refractivity contribution in [3.8, 4) is 0 Å². The highest BCUT2D eigenvalue weighted by Gasteiger charge is 2.39. The van der Waals surface area contributed by atoms with Crippen LogP contribution in [0.5, 0.6) is 0 Å². The minimum atomic E-state index is -3.65. The van der Waals surface area contributed by atoms with Gasteiger partial charge in [-0.3, -0.25) is 9.59 Å². The Balaban J connectivity index is 1.13. The molecule has 35 heavy (non-hydrogen) atoms. The van der Waals surface area contributed by atoms with E-state index >= 15 is 0 Å². The normalized spacial score (nSPS) is 24.3. The number of hydrogen-bond acceptors (Lipinski definition) is 5. The van der Waals surface area contributed by atoms with Gasteiger partial charge in [-0.1, -0.05) is 0 Å². The molecule has 0 radical (unpaired) electrons. The number of nitrogens with zero attached hydrogens (tertiary/aromatic N) is 1. The van der Waals surface area contributed by atoms with Gasteiger partial charge in [-0.25, -0.2) is 13.1 Å². The molecular formula is C26H33N3O5S. The number of furan rings is 1. The largest absolute Gasteiger partial charge is 0.467 e. The van der Waals surface area contributed by atoms with E-state index < -0.39 is 10.0 Å². The van der Waals surface area contributed by atoms with E-state index in [-0.39, 0.29) is 40.5 Å². The monoisotopic (exact) mass is 499 g/mol. The van der Waals surface area contributed by atoms with E-state index in [0.717, 1.165) is 55.5 Å². The molecule has 5 rings (SSSR count). The van der Waals surface area contributed by atoms with E-state index in [1.807, 2.05) is 17.9 Å². The lowest BCUT2D eigenvalue weighted by Gasteiger charge is -2.27. The Morgan fingerprint density at radius 3 is 2.49 bits per heavy atom. The van der Waals surface area contributed by atoms with E-state index in [1.165, 1.54) is 0 Å². The molecule has 1 aliphatic heterocycles. The molecule has 188 valence electrons. The van der Waals surface area contributed by atoms with Crippen LogP contribution in [0.25, 0.3) is 0 Å². The fourth-order valence-corrected chi connectivity index (χ4v) is 6.48. The number of nitrogens with one attached hydrogen (secondary N) is 2. The third kappa shape index (κ3) is 5.30. The number of carbonyl (C=O) groups excluding carboxylic acids is 2. The van der Waals surface area contributed by atoms with Crippen molar-refractivity contribution < 1.29 is 22.4 Å². The molecule has 2 aliphatic carbocycles. The number of carbonyl (C=O) groups is 2. The maximum Gasteiger partial charge on any atom is 0.240 e. The quantitative estimate of drug-likeness (QED) is 0.579. The molecule has 2 heterocycles. The number of fused-ring (bicyclic) bond motifs is 1. The number of hydrogen-bond donors (Lipinski definition) is 2. The fourth-order valence-electron chi connectivity index (χ4n) is 5.31. The maximum absolute atomic E-state index is 13.0. The summed E-state index contributed by atoms with van der Waals surface area (Å²) in [7, 11) is -3.65. The summed E-state index contributed by atoms with van der Waals surface area (Å²) in [4.78, 5) is 27.2. The number of sulfonamides is 1. The van der Waals surface area contributed by atoms with Crippen molar-refractivity contribution in [2.75, 3.05) is 11.4 Å². The van der Waals surface area contributed by atoms with Crippen LogP contribution in [0.1, 0.15) is 56.8 Å². The van der Waals surface area contributed by atoms with Crippen molar-refractivity contribution in [3.05, 3.63) is 47.9 Å². The second-order valence-electron chi connectivity index (χ2n) is 10.2. The average Bonchev–Trinajstić information content (AvgIpc) is 3.47. The smallest absolute Gasteiger partial charge is 0.240 e. The Morgan fingerprint density at radius 1 is 1.06 bits per heavy atom.